The van der Waals surface area contributed by atoms with Gasteiger partial charge in [0, 0.05) is 68.2 Å². The van der Waals surface area contributed by atoms with Gasteiger partial charge in [-0.3, -0.25) is 44.3 Å². The second-order valence-electron chi connectivity index (χ2n) is 21.8. The zero-order valence-corrected chi connectivity index (χ0v) is 45.4. The molecule has 17 nitrogen and oxygen atoms in total. The lowest BCUT2D eigenvalue weighted by Crippen LogP contribution is -2.60. The summed E-state index contributed by atoms with van der Waals surface area (Å²) in [5.41, 5.74) is 6.02. The first-order valence-electron chi connectivity index (χ1n) is 26.1. The summed E-state index contributed by atoms with van der Waals surface area (Å²) >= 11 is 1.39. The Labute approximate surface area is 454 Å². The van der Waals surface area contributed by atoms with E-state index in [1.807, 2.05) is 92.9 Å². The number of thiazole rings is 1. The molecule has 10 rings (SSSR count). The van der Waals surface area contributed by atoms with Gasteiger partial charge in [0.25, 0.3) is 11.8 Å². The van der Waals surface area contributed by atoms with Gasteiger partial charge in [-0.05, 0) is 103 Å². The minimum absolute atomic E-state index is 0.0130. The molecule has 4 N–H and O–H groups in total. The lowest BCUT2D eigenvalue weighted by atomic mass is 9.80. The number of carbonyl (C=O) groups is 5. The van der Waals surface area contributed by atoms with Gasteiger partial charge in [-0.15, -0.1) is 0 Å². The van der Waals surface area contributed by atoms with E-state index in [0.29, 0.717) is 87.0 Å². The fraction of sp³-hybridized carbons (Fsp3) is 0.379. The molecule has 0 spiro atoms. The van der Waals surface area contributed by atoms with E-state index in [-0.39, 0.29) is 67.3 Å². The number of aryl methyl sites for hydroxylation is 1. The van der Waals surface area contributed by atoms with Crippen LogP contribution in [0.5, 0.6) is 5.75 Å². The lowest BCUT2D eigenvalue weighted by Gasteiger charge is -2.44. The lowest BCUT2D eigenvalue weighted by molar-refractivity contribution is -0.134. The van der Waals surface area contributed by atoms with Gasteiger partial charge in [-0.1, -0.05) is 80.6 Å². The van der Waals surface area contributed by atoms with Crippen LogP contribution in [0.4, 0.5) is 25.4 Å². The number of hydrogen-bond acceptors (Lipinski definition) is 13. The summed E-state index contributed by atoms with van der Waals surface area (Å²) in [4.78, 5) is 80.4. The highest BCUT2D eigenvalue weighted by atomic mass is 32.1. The van der Waals surface area contributed by atoms with E-state index >= 15 is 8.78 Å². The molecule has 4 amide bonds. The van der Waals surface area contributed by atoms with E-state index < -0.39 is 42.3 Å². The van der Waals surface area contributed by atoms with Gasteiger partial charge in [-0.2, -0.15) is 5.10 Å². The monoisotopic (exact) mass is 1080 g/mol. The standard InChI is InChI=1S/C58H62F2N10O7S/c1-32-26-68(27-33(2)70(32)29-48(72)61-43-18-11-16-38-50(66-67(7)52(38)43)39-21-22-47(71)64-54(39)74)30-58(59,60)31-77-44-19-12-14-36(34(44)3)49-41(57(4,5)6)25-46(63-51(49)55(75)76)69-24-23-35-13-10-15-37(40(35)28-69)53(73)65-56-62-42-17-8-9-20-45(42)78-56/h8-20,25,32-33,39H,21-24,26-31H2,1-7H3,(H,61,72)(H,75,76)(H,62,65,73)(H,64,71,74)/t32-,33+,39?. The van der Waals surface area contributed by atoms with Crippen molar-refractivity contribution in [3.63, 3.8) is 0 Å². The van der Waals surface area contributed by atoms with Gasteiger partial charge in [0.15, 0.2) is 17.4 Å². The summed E-state index contributed by atoms with van der Waals surface area (Å²) in [5.74, 6) is -5.82. The van der Waals surface area contributed by atoms with Crippen molar-refractivity contribution >= 4 is 78.7 Å². The van der Waals surface area contributed by atoms with Crippen LogP contribution in [-0.4, -0.2) is 122 Å². The van der Waals surface area contributed by atoms with Gasteiger partial charge < -0.3 is 20.1 Å². The number of amides is 4. The molecular weight excluding hydrogens is 1020 g/mol. The average molecular weight is 1080 g/mol. The molecule has 0 saturated carbocycles. The Morgan fingerprint density at radius 2 is 1.67 bits per heavy atom. The van der Waals surface area contributed by atoms with Crippen LogP contribution < -0.4 is 25.6 Å². The Morgan fingerprint density at radius 3 is 2.40 bits per heavy atom. The molecule has 3 aliphatic heterocycles. The van der Waals surface area contributed by atoms with E-state index in [4.69, 9.17) is 9.72 Å². The quantitative estimate of drug-likeness (QED) is 0.0753. The fourth-order valence-corrected chi connectivity index (χ4v) is 12.2. The number of fused-ring (bicyclic) bond motifs is 3. The van der Waals surface area contributed by atoms with Crippen LogP contribution in [0.15, 0.2) is 84.9 Å². The van der Waals surface area contributed by atoms with Gasteiger partial charge >= 0.3 is 5.97 Å². The number of piperazine rings is 1. The van der Waals surface area contributed by atoms with Crippen molar-refractivity contribution in [2.24, 2.45) is 7.05 Å². The number of imide groups is 1. The Morgan fingerprint density at radius 1 is 0.923 bits per heavy atom. The van der Waals surface area contributed by atoms with Crippen molar-refractivity contribution in [3.05, 3.63) is 124 Å². The van der Waals surface area contributed by atoms with Crippen LogP contribution in [0.3, 0.4) is 0 Å². The molecule has 78 heavy (non-hydrogen) atoms. The second kappa shape index (κ2) is 21.3. The molecule has 4 aromatic carbocycles. The van der Waals surface area contributed by atoms with E-state index in [2.05, 4.69) is 26.0 Å². The number of anilines is 3. The number of alkyl halides is 2. The molecule has 20 heteroatoms. The van der Waals surface area contributed by atoms with Crippen molar-refractivity contribution in [2.75, 3.05) is 54.9 Å². The Balaban J connectivity index is 0.805. The first-order chi connectivity index (χ1) is 37.1. The van der Waals surface area contributed by atoms with E-state index in [9.17, 15) is 29.1 Å². The maximum Gasteiger partial charge on any atom is 0.355 e. The molecule has 3 aromatic heterocycles. The summed E-state index contributed by atoms with van der Waals surface area (Å²) < 4.78 is 40.7. The SMILES string of the molecule is Cc1c(OCC(F)(F)CN2C[C@@H](C)N(CC(=O)Nc3cccc4c(C5CCC(=O)NC5=O)nn(C)c34)[C@@H](C)C2)cccc1-c1c(C(C)(C)C)cc(N2CCc3cccc(C(=O)Nc4nc5ccccc5s4)c3C2)nc1C(=O)O. The molecule has 3 aliphatic rings. The highest BCUT2D eigenvalue weighted by Gasteiger charge is 2.39. The fourth-order valence-electron chi connectivity index (χ4n) is 11.3. The number of ether oxygens (including phenoxy) is 1. The Kier molecular flexibility index (Phi) is 14.6. The number of rotatable bonds is 14. The summed E-state index contributed by atoms with van der Waals surface area (Å²) in [5, 5.41) is 25.0. The third kappa shape index (κ3) is 10.9. The number of pyridine rings is 1. The van der Waals surface area contributed by atoms with Crippen molar-refractivity contribution < 1.29 is 42.6 Å². The zero-order chi connectivity index (χ0) is 55.4. The summed E-state index contributed by atoms with van der Waals surface area (Å²) in [6.45, 7) is 11.4. The number of carboxylic acids is 1. The predicted octanol–water partition coefficient (Wildman–Crippen LogP) is 8.93. The number of aromatic carboxylic acids is 1. The first kappa shape index (κ1) is 53.7. The summed E-state index contributed by atoms with van der Waals surface area (Å²) in [6, 6.07) is 25.1. The van der Waals surface area contributed by atoms with E-state index in [1.165, 1.54) is 11.3 Å². The molecular formula is C58H62F2N10O7S. The van der Waals surface area contributed by atoms with Crippen LogP contribution in [0.2, 0.25) is 0 Å². The number of carboxylic acid groups (broad SMARTS) is 1. The Bertz CT molecular complexity index is 3490. The number of carbonyl (C=O) groups excluding carboxylic acids is 4. The Hall–Kier alpha value is -7.68. The third-order valence-electron chi connectivity index (χ3n) is 15.1. The van der Waals surface area contributed by atoms with Crippen molar-refractivity contribution in [3.8, 4) is 16.9 Å². The number of halogens is 2. The number of nitrogens with zero attached hydrogens (tertiary/aromatic N) is 7. The average Bonchev–Trinajstić information content (AvgIpc) is 3.97. The minimum atomic E-state index is -3.29. The number of benzene rings is 4. The number of piperidine rings is 1. The number of para-hydroxylation sites is 2. The van der Waals surface area contributed by atoms with Gasteiger partial charge in [0.2, 0.25) is 17.7 Å². The molecule has 7 aromatic rings. The highest BCUT2D eigenvalue weighted by Crippen LogP contribution is 2.42. The maximum atomic E-state index is 16.1. The van der Waals surface area contributed by atoms with E-state index in [0.717, 1.165) is 21.3 Å². The highest BCUT2D eigenvalue weighted by molar-refractivity contribution is 7.22. The molecule has 3 atom stereocenters. The summed E-state index contributed by atoms with van der Waals surface area (Å²) in [7, 11) is 1.73. The number of nitrogens with one attached hydrogen (secondary N) is 3. The topological polar surface area (TPSA) is 204 Å². The second-order valence-corrected chi connectivity index (χ2v) is 22.8. The molecule has 406 valence electrons. The van der Waals surface area contributed by atoms with Crippen molar-refractivity contribution in [2.45, 2.75) is 96.7 Å². The van der Waals surface area contributed by atoms with Gasteiger partial charge in [-0.25, -0.2) is 23.5 Å². The van der Waals surface area contributed by atoms with E-state index in [1.54, 1.807) is 60.0 Å². The zero-order valence-electron chi connectivity index (χ0n) is 44.6. The molecule has 0 aliphatic carbocycles. The minimum Gasteiger partial charge on any atom is -0.487 e. The molecule has 1 unspecified atom stereocenters. The van der Waals surface area contributed by atoms with Crippen molar-refractivity contribution in [1.82, 2.24) is 34.9 Å². The largest absolute Gasteiger partial charge is 0.487 e. The number of aromatic nitrogens is 4. The summed E-state index contributed by atoms with van der Waals surface area (Å²) in [6.07, 6.45) is 1.14. The van der Waals surface area contributed by atoms with Crippen LogP contribution in [0.1, 0.15) is 102 Å². The van der Waals surface area contributed by atoms with Crippen LogP contribution in [0.25, 0.3) is 32.2 Å². The first-order valence-corrected chi connectivity index (χ1v) is 26.9. The normalized spacial score (nSPS) is 18.5. The van der Waals surface area contributed by atoms with Crippen LogP contribution in [0, 0.1) is 6.92 Å². The number of hydrogen-bond donors (Lipinski definition) is 4. The smallest absolute Gasteiger partial charge is 0.355 e. The predicted molar refractivity (Wildman–Crippen MR) is 296 cm³/mol. The molecule has 0 radical (unpaired) electrons. The third-order valence-corrected chi connectivity index (χ3v) is 16.0. The molecule has 0 bridgehead atoms. The maximum absolute atomic E-state index is 16.1. The van der Waals surface area contributed by atoms with Crippen LogP contribution >= 0.6 is 11.3 Å². The van der Waals surface area contributed by atoms with Crippen LogP contribution in [-0.2, 0) is 39.8 Å². The molecule has 2 fully saturated rings. The van der Waals surface area contributed by atoms with Crippen molar-refractivity contribution in [1.29, 1.82) is 0 Å². The molecule has 6 heterocycles. The van der Waals surface area contributed by atoms with Gasteiger partial charge in [0.1, 0.15) is 11.6 Å². The van der Waals surface area contributed by atoms with Gasteiger partial charge in [0.05, 0.1) is 46.1 Å². The molecule has 2 saturated heterocycles.